The second-order valence-electron chi connectivity index (χ2n) is 8.41. The number of piperidine rings is 2. The van der Waals surface area contributed by atoms with E-state index in [0.717, 1.165) is 83.5 Å². The Labute approximate surface area is 167 Å². The molecule has 0 saturated carbocycles. The van der Waals surface area contributed by atoms with Gasteiger partial charge in [-0.05, 0) is 52.0 Å². The van der Waals surface area contributed by atoms with E-state index in [1.807, 2.05) is 11.8 Å². The van der Waals surface area contributed by atoms with Gasteiger partial charge in [0.25, 0.3) is 5.91 Å². The highest BCUT2D eigenvalue weighted by molar-refractivity contribution is 5.94. The van der Waals surface area contributed by atoms with E-state index in [2.05, 4.69) is 19.8 Å². The number of amides is 2. The molecule has 4 rings (SSSR count). The van der Waals surface area contributed by atoms with Crippen molar-refractivity contribution in [2.75, 3.05) is 39.3 Å². The number of carbonyl (C=O) groups is 2. The van der Waals surface area contributed by atoms with Gasteiger partial charge in [-0.25, -0.2) is 9.97 Å². The molecular weight excluding hydrogens is 354 g/mol. The maximum atomic E-state index is 12.8. The van der Waals surface area contributed by atoms with E-state index in [1.165, 1.54) is 6.33 Å². The molecule has 1 atom stereocenters. The van der Waals surface area contributed by atoms with Crippen LogP contribution in [0.4, 0.5) is 0 Å². The maximum absolute atomic E-state index is 12.8. The lowest BCUT2D eigenvalue weighted by atomic mass is 9.92. The Morgan fingerprint density at radius 1 is 0.964 bits per heavy atom. The normalized spacial score (nSPS) is 24.5. The highest BCUT2D eigenvalue weighted by atomic mass is 16.2. The van der Waals surface area contributed by atoms with Crippen molar-refractivity contribution in [3.63, 3.8) is 0 Å². The second kappa shape index (κ2) is 8.55. The summed E-state index contributed by atoms with van der Waals surface area (Å²) in [5, 5.41) is 0. The summed E-state index contributed by atoms with van der Waals surface area (Å²) in [5.41, 5.74) is 1.34. The molecule has 4 heterocycles. The van der Waals surface area contributed by atoms with Crippen molar-refractivity contribution in [1.82, 2.24) is 24.7 Å². The Balaban J connectivity index is 1.31. The third-order valence-corrected chi connectivity index (χ3v) is 6.63. The largest absolute Gasteiger partial charge is 0.342 e. The van der Waals surface area contributed by atoms with Crippen LogP contribution < -0.4 is 0 Å². The lowest BCUT2D eigenvalue weighted by Crippen LogP contribution is -2.51. The molecular formula is C21H31N5O2. The topological polar surface area (TPSA) is 69.6 Å². The van der Waals surface area contributed by atoms with Crippen LogP contribution in [0.5, 0.6) is 0 Å². The fourth-order valence-electron chi connectivity index (χ4n) is 4.94. The van der Waals surface area contributed by atoms with Crippen LogP contribution >= 0.6 is 0 Å². The number of nitrogens with zero attached hydrogens (tertiary/aromatic N) is 5. The van der Waals surface area contributed by atoms with Crippen LogP contribution in [0.3, 0.4) is 0 Å². The quantitative estimate of drug-likeness (QED) is 0.792. The third-order valence-electron chi connectivity index (χ3n) is 6.63. The molecule has 0 aromatic carbocycles. The minimum absolute atomic E-state index is 0.0391. The van der Waals surface area contributed by atoms with Gasteiger partial charge in [-0.2, -0.15) is 0 Å². The van der Waals surface area contributed by atoms with Gasteiger partial charge in [0.05, 0.1) is 17.2 Å². The minimum atomic E-state index is 0.0391. The van der Waals surface area contributed by atoms with Crippen LogP contribution in [0.15, 0.2) is 12.5 Å². The standard InChI is InChI=1S/C21H31N5O2/c1-16-19(13-22-15-23-16)21(28)25-11-6-18(7-12-25)26-10-4-5-17(14-26)20(27)24-8-2-3-9-24/h13,15,17-18H,2-12,14H2,1H3/t17-/m0/s1. The summed E-state index contributed by atoms with van der Waals surface area (Å²) in [6.07, 6.45) is 9.48. The molecule has 3 aliphatic rings. The molecule has 7 heteroatoms. The van der Waals surface area contributed by atoms with Crippen LogP contribution in [0.1, 0.15) is 54.6 Å². The molecule has 2 amide bonds. The average Bonchev–Trinajstić information content (AvgIpc) is 3.28. The van der Waals surface area contributed by atoms with Gasteiger partial charge < -0.3 is 9.80 Å². The number of likely N-dealkylation sites (tertiary alicyclic amines) is 3. The van der Waals surface area contributed by atoms with E-state index in [-0.39, 0.29) is 11.8 Å². The number of aryl methyl sites for hydroxylation is 1. The first-order valence-electron chi connectivity index (χ1n) is 10.7. The molecule has 3 aliphatic heterocycles. The molecule has 0 bridgehead atoms. The van der Waals surface area contributed by atoms with Crippen LogP contribution in [-0.4, -0.2) is 81.8 Å². The van der Waals surface area contributed by atoms with E-state index in [4.69, 9.17) is 0 Å². The van der Waals surface area contributed by atoms with Gasteiger partial charge in [0.15, 0.2) is 0 Å². The highest BCUT2D eigenvalue weighted by Crippen LogP contribution is 2.26. The van der Waals surface area contributed by atoms with Gasteiger partial charge in [0.2, 0.25) is 5.91 Å². The van der Waals surface area contributed by atoms with E-state index < -0.39 is 0 Å². The second-order valence-corrected chi connectivity index (χ2v) is 8.41. The first kappa shape index (κ1) is 19.3. The van der Waals surface area contributed by atoms with E-state index >= 15 is 0 Å². The van der Waals surface area contributed by atoms with Crippen LogP contribution in [0, 0.1) is 12.8 Å². The molecule has 1 aromatic rings. The minimum Gasteiger partial charge on any atom is -0.342 e. The summed E-state index contributed by atoms with van der Waals surface area (Å²) >= 11 is 0. The number of hydrogen-bond acceptors (Lipinski definition) is 5. The Kier molecular flexibility index (Phi) is 5.90. The predicted molar refractivity (Wildman–Crippen MR) is 106 cm³/mol. The van der Waals surface area contributed by atoms with Crippen molar-refractivity contribution in [2.45, 2.75) is 51.5 Å². The monoisotopic (exact) mass is 385 g/mol. The zero-order valence-corrected chi connectivity index (χ0v) is 16.8. The summed E-state index contributed by atoms with van der Waals surface area (Å²) in [4.78, 5) is 40.2. The van der Waals surface area contributed by atoms with Gasteiger partial charge in [-0.15, -0.1) is 0 Å². The highest BCUT2D eigenvalue weighted by Gasteiger charge is 2.35. The van der Waals surface area contributed by atoms with Gasteiger partial charge >= 0.3 is 0 Å². The van der Waals surface area contributed by atoms with Crippen molar-refractivity contribution >= 4 is 11.8 Å². The third kappa shape index (κ3) is 4.04. The van der Waals surface area contributed by atoms with E-state index in [0.29, 0.717) is 17.5 Å². The molecule has 0 spiro atoms. The van der Waals surface area contributed by atoms with Gasteiger partial charge in [-0.3, -0.25) is 14.5 Å². The summed E-state index contributed by atoms with van der Waals surface area (Å²) in [6, 6.07) is 0.478. The van der Waals surface area contributed by atoms with Crippen molar-refractivity contribution in [1.29, 1.82) is 0 Å². The number of aromatic nitrogens is 2. The fraction of sp³-hybridized carbons (Fsp3) is 0.714. The van der Waals surface area contributed by atoms with Crippen molar-refractivity contribution in [2.24, 2.45) is 5.92 Å². The summed E-state index contributed by atoms with van der Waals surface area (Å²) in [6.45, 7) is 7.23. The molecule has 7 nitrogen and oxygen atoms in total. The zero-order valence-electron chi connectivity index (χ0n) is 16.8. The lowest BCUT2D eigenvalue weighted by molar-refractivity contribution is -0.136. The first-order chi connectivity index (χ1) is 13.6. The van der Waals surface area contributed by atoms with Crippen LogP contribution in [-0.2, 0) is 4.79 Å². The van der Waals surface area contributed by atoms with Gasteiger partial charge in [0, 0.05) is 45.0 Å². The smallest absolute Gasteiger partial charge is 0.257 e. The SMILES string of the molecule is Cc1ncncc1C(=O)N1CCC(N2CCC[C@H](C(=O)N3CCCC3)C2)CC1. The molecule has 1 aromatic heterocycles. The first-order valence-corrected chi connectivity index (χ1v) is 10.7. The Hall–Kier alpha value is -2.02. The number of rotatable bonds is 3. The molecule has 0 N–H and O–H groups in total. The Morgan fingerprint density at radius 3 is 2.43 bits per heavy atom. The molecule has 0 radical (unpaired) electrons. The molecule has 152 valence electrons. The van der Waals surface area contributed by atoms with Crippen molar-refractivity contribution in [3.8, 4) is 0 Å². The summed E-state index contributed by atoms with van der Waals surface area (Å²) in [7, 11) is 0. The zero-order chi connectivity index (χ0) is 19.5. The van der Waals surface area contributed by atoms with Crippen LogP contribution in [0.2, 0.25) is 0 Å². The van der Waals surface area contributed by atoms with Crippen molar-refractivity contribution in [3.05, 3.63) is 23.8 Å². The van der Waals surface area contributed by atoms with E-state index in [1.54, 1.807) is 6.20 Å². The number of carbonyl (C=O) groups excluding carboxylic acids is 2. The maximum Gasteiger partial charge on any atom is 0.257 e. The molecule has 3 fully saturated rings. The lowest BCUT2D eigenvalue weighted by Gasteiger charge is -2.42. The molecule has 0 aliphatic carbocycles. The summed E-state index contributed by atoms with van der Waals surface area (Å²) < 4.78 is 0. The van der Waals surface area contributed by atoms with Gasteiger partial charge in [-0.1, -0.05) is 0 Å². The molecule has 28 heavy (non-hydrogen) atoms. The summed E-state index contributed by atoms with van der Waals surface area (Å²) in [5.74, 6) is 0.572. The number of hydrogen-bond donors (Lipinski definition) is 0. The Bertz CT molecular complexity index is 711. The molecule has 3 saturated heterocycles. The van der Waals surface area contributed by atoms with E-state index in [9.17, 15) is 9.59 Å². The Morgan fingerprint density at radius 2 is 1.71 bits per heavy atom. The van der Waals surface area contributed by atoms with Gasteiger partial charge in [0.1, 0.15) is 6.33 Å². The van der Waals surface area contributed by atoms with Crippen molar-refractivity contribution < 1.29 is 9.59 Å². The van der Waals surface area contributed by atoms with Crippen LogP contribution in [0.25, 0.3) is 0 Å². The molecule has 0 unspecified atom stereocenters. The fourth-order valence-corrected chi connectivity index (χ4v) is 4.94. The average molecular weight is 386 g/mol. The predicted octanol–water partition coefficient (Wildman–Crippen LogP) is 1.72.